The van der Waals surface area contributed by atoms with E-state index in [-0.39, 0.29) is 6.10 Å². The maximum Gasteiger partial charge on any atom is 0.407 e. The van der Waals surface area contributed by atoms with Crippen molar-refractivity contribution in [2.24, 2.45) is 0 Å². The van der Waals surface area contributed by atoms with Crippen LogP contribution in [0.5, 0.6) is 0 Å². The number of amides is 1. The topological polar surface area (TPSA) is 107 Å². The first-order valence-electron chi connectivity index (χ1n) is 8.63. The second-order valence-electron chi connectivity index (χ2n) is 8.19. The summed E-state index contributed by atoms with van der Waals surface area (Å²) in [5.41, 5.74) is 4.97. The molecule has 2 aliphatic rings. The third-order valence-corrected chi connectivity index (χ3v) is 5.05. The van der Waals surface area contributed by atoms with E-state index in [1.165, 1.54) is 0 Å². The molecule has 1 saturated heterocycles. The van der Waals surface area contributed by atoms with Crippen LogP contribution < -0.4 is 11.1 Å². The van der Waals surface area contributed by atoms with Crippen molar-refractivity contribution < 1.29 is 19.4 Å². The van der Waals surface area contributed by atoms with Crippen molar-refractivity contribution in [2.75, 3.05) is 5.73 Å². The molecular formula is C18H27N3O4. The maximum atomic E-state index is 12.2. The van der Waals surface area contributed by atoms with Crippen molar-refractivity contribution in [1.29, 1.82) is 0 Å². The number of rotatable bonds is 2. The van der Waals surface area contributed by atoms with E-state index in [4.69, 9.17) is 15.2 Å². The predicted molar refractivity (Wildman–Crippen MR) is 92.8 cm³/mol. The highest BCUT2D eigenvalue weighted by Gasteiger charge is 2.65. The molecule has 1 aliphatic carbocycles. The first kappa shape index (κ1) is 17.9. The van der Waals surface area contributed by atoms with Gasteiger partial charge in [-0.05, 0) is 46.6 Å². The average molecular weight is 349 g/mol. The Labute approximate surface area is 147 Å². The second kappa shape index (κ2) is 5.85. The molecule has 7 heteroatoms. The number of pyridine rings is 1. The highest BCUT2D eigenvalue weighted by atomic mass is 16.6. The molecule has 138 valence electrons. The molecule has 2 fully saturated rings. The fourth-order valence-corrected chi connectivity index (χ4v) is 3.49. The van der Waals surface area contributed by atoms with Crippen LogP contribution in [0.3, 0.4) is 0 Å². The third kappa shape index (κ3) is 3.43. The Balaban J connectivity index is 1.83. The molecule has 0 aromatic carbocycles. The maximum absolute atomic E-state index is 12.2. The predicted octanol–water partition coefficient (Wildman–Crippen LogP) is 2.30. The summed E-state index contributed by atoms with van der Waals surface area (Å²) in [5.74, 6) is 0. The number of carbonyl (C=O) groups excluding carboxylic acids is 1. The van der Waals surface area contributed by atoms with Crippen LogP contribution in [0.25, 0.3) is 0 Å². The highest BCUT2D eigenvalue weighted by Crippen LogP contribution is 2.57. The van der Waals surface area contributed by atoms with Crippen LogP contribution >= 0.6 is 0 Å². The van der Waals surface area contributed by atoms with Gasteiger partial charge in [0.25, 0.3) is 0 Å². The zero-order valence-corrected chi connectivity index (χ0v) is 15.2. The summed E-state index contributed by atoms with van der Waals surface area (Å²) in [4.78, 5) is 16.2. The Morgan fingerprint density at radius 2 is 2.16 bits per heavy atom. The Morgan fingerprint density at radius 1 is 1.48 bits per heavy atom. The molecule has 0 unspecified atom stereocenters. The van der Waals surface area contributed by atoms with Crippen molar-refractivity contribution in [3.63, 3.8) is 0 Å². The molecule has 1 aromatic rings. The SMILES string of the molecule is CC(C)(C)OC(=O)N[C@H]1C[C@H](c2ccncc2N)OC2(CC2)[C@@]1(C)O. The number of alkyl carbamates (subject to hydrolysis) is 1. The van der Waals surface area contributed by atoms with Gasteiger partial charge in [0, 0.05) is 18.2 Å². The number of nitrogens with two attached hydrogens (primary N) is 1. The Bertz CT molecular complexity index is 665. The van der Waals surface area contributed by atoms with Gasteiger partial charge in [0.15, 0.2) is 0 Å². The standard InChI is InChI=1S/C18H27N3O4/c1-16(2,3)25-15(22)21-14-9-13(11-5-8-20-10-12(11)19)24-18(6-7-18)17(14,4)23/h5,8,10,13-14,23H,6-7,9,19H2,1-4H3,(H,21,22)/t13-,14+,17+/m1/s1. The molecule has 1 saturated carbocycles. The minimum Gasteiger partial charge on any atom is -0.444 e. The smallest absolute Gasteiger partial charge is 0.407 e. The molecule has 0 bridgehead atoms. The third-order valence-electron chi connectivity index (χ3n) is 5.05. The molecule has 1 amide bonds. The molecule has 0 radical (unpaired) electrons. The largest absolute Gasteiger partial charge is 0.444 e. The summed E-state index contributed by atoms with van der Waals surface area (Å²) in [6.45, 7) is 7.13. The van der Waals surface area contributed by atoms with Gasteiger partial charge in [0.2, 0.25) is 0 Å². The van der Waals surface area contributed by atoms with Gasteiger partial charge in [-0.3, -0.25) is 4.98 Å². The summed E-state index contributed by atoms with van der Waals surface area (Å²) in [5, 5.41) is 13.9. The quantitative estimate of drug-likeness (QED) is 0.756. The lowest BCUT2D eigenvalue weighted by Gasteiger charge is -2.47. The van der Waals surface area contributed by atoms with Crippen molar-refractivity contribution in [1.82, 2.24) is 10.3 Å². The van der Waals surface area contributed by atoms with Gasteiger partial charge in [-0.25, -0.2) is 4.79 Å². The van der Waals surface area contributed by atoms with E-state index in [9.17, 15) is 9.90 Å². The summed E-state index contributed by atoms with van der Waals surface area (Å²) >= 11 is 0. The molecule has 1 spiro atoms. The van der Waals surface area contributed by atoms with Gasteiger partial charge < -0.3 is 25.6 Å². The van der Waals surface area contributed by atoms with Gasteiger partial charge in [0.1, 0.15) is 11.2 Å². The van der Waals surface area contributed by atoms with E-state index in [1.54, 1.807) is 40.1 Å². The monoisotopic (exact) mass is 349 g/mol. The van der Waals surface area contributed by atoms with Crippen LogP contribution in [0.2, 0.25) is 0 Å². The molecule has 25 heavy (non-hydrogen) atoms. The number of anilines is 1. The lowest BCUT2D eigenvalue weighted by atomic mass is 9.80. The van der Waals surface area contributed by atoms with Crippen molar-refractivity contribution in [3.05, 3.63) is 24.0 Å². The molecular weight excluding hydrogens is 322 g/mol. The Hall–Kier alpha value is -1.86. The van der Waals surface area contributed by atoms with E-state index < -0.39 is 28.9 Å². The van der Waals surface area contributed by atoms with Crippen LogP contribution in [-0.2, 0) is 9.47 Å². The van der Waals surface area contributed by atoms with E-state index in [2.05, 4.69) is 10.3 Å². The molecule has 2 heterocycles. The number of carbonyl (C=O) groups is 1. The van der Waals surface area contributed by atoms with Crippen LogP contribution in [-0.4, -0.2) is 39.0 Å². The number of aliphatic hydroxyl groups is 1. The van der Waals surface area contributed by atoms with Crippen LogP contribution in [0, 0.1) is 0 Å². The number of hydrogen-bond donors (Lipinski definition) is 3. The molecule has 3 atom stereocenters. The summed E-state index contributed by atoms with van der Waals surface area (Å²) in [6.07, 6.45) is 4.28. The lowest BCUT2D eigenvalue weighted by Crippen LogP contribution is -2.63. The van der Waals surface area contributed by atoms with E-state index >= 15 is 0 Å². The highest BCUT2D eigenvalue weighted by molar-refractivity contribution is 5.68. The van der Waals surface area contributed by atoms with Crippen LogP contribution in [0.15, 0.2) is 18.5 Å². The van der Waals surface area contributed by atoms with Gasteiger partial charge >= 0.3 is 6.09 Å². The fourth-order valence-electron chi connectivity index (χ4n) is 3.49. The van der Waals surface area contributed by atoms with Crippen LogP contribution in [0.1, 0.15) is 58.6 Å². The van der Waals surface area contributed by atoms with Gasteiger partial charge in [-0.1, -0.05) is 0 Å². The summed E-state index contributed by atoms with van der Waals surface area (Å²) in [7, 11) is 0. The Morgan fingerprint density at radius 3 is 2.72 bits per heavy atom. The number of nitrogens with zero attached hydrogens (tertiary/aromatic N) is 1. The lowest BCUT2D eigenvalue weighted by molar-refractivity contribution is -0.200. The normalized spacial score (nSPS) is 30.8. The molecule has 4 N–H and O–H groups in total. The summed E-state index contributed by atoms with van der Waals surface area (Å²) < 4.78 is 11.6. The molecule has 7 nitrogen and oxygen atoms in total. The minimum absolute atomic E-state index is 0.314. The Kier molecular flexibility index (Phi) is 4.20. The fraction of sp³-hybridized carbons (Fsp3) is 0.667. The zero-order valence-electron chi connectivity index (χ0n) is 15.2. The molecule has 3 rings (SSSR count). The number of nitrogen functional groups attached to an aromatic ring is 1. The molecule has 1 aliphatic heterocycles. The van der Waals surface area contributed by atoms with E-state index in [0.29, 0.717) is 12.1 Å². The van der Waals surface area contributed by atoms with Crippen molar-refractivity contribution in [3.8, 4) is 0 Å². The van der Waals surface area contributed by atoms with Gasteiger partial charge in [-0.15, -0.1) is 0 Å². The number of hydrogen-bond acceptors (Lipinski definition) is 6. The van der Waals surface area contributed by atoms with E-state index in [0.717, 1.165) is 18.4 Å². The summed E-state index contributed by atoms with van der Waals surface area (Å²) in [6, 6.07) is 1.32. The first-order valence-corrected chi connectivity index (χ1v) is 8.63. The van der Waals surface area contributed by atoms with Crippen molar-refractivity contribution >= 4 is 11.8 Å². The zero-order chi connectivity index (χ0) is 18.5. The van der Waals surface area contributed by atoms with Crippen molar-refractivity contribution in [2.45, 2.75) is 75.9 Å². The first-order chi connectivity index (χ1) is 11.5. The number of aromatic nitrogens is 1. The number of ether oxygens (including phenoxy) is 2. The average Bonchev–Trinajstić information content (AvgIpc) is 3.24. The van der Waals surface area contributed by atoms with Crippen LogP contribution in [0.4, 0.5) is 10.5 Å². The minimum atomic E-state index is -1.18. The number of nitrogens with one attached hydrogen (secondary N) is 1. The van der Waals surface area contributed by atoms with E-state index in [1.807, 2.05) is 6.07 Å². The van der Waals surface area contributed by atoms with Gasteiger partial charge in [0.05, 0.1) is 29.6 Å². The molecule has 1 aromatic heterocycles. The second-order valence-corrected chi connectivity index (χ2v) is 8.19. The van der Waals surface area contributed by atoms with Gasteiger partial charge in [-0.2, -0.15) is 0 Å².